The van der Waals surface area contributed by atoms with Gasteiger partial charge in [0.2, 0.25) is 5.91 Å². The first-order valence-corrected chi connectivity index (χ1v) is 10.9. The maximum absolute atomic E-state index is 13.9. The van der Waals surface area contributed by atoms with E-state index in [2.05, 4.69) is 10.6 Å². The van der Waals surface area contributed by atoms with Crippen LogP contribution in [0.2, 0.25) is 0 Å². The molecule has 0 aliphatic carbocycles. The quantitative estimate of drug-likeness (QED) is 0.376. The van der Waals surface area contributed by atoms with Crippen molar-refractivity contribution in [3.05, 3.63) is 83.7 Å². The van der Waals surface area contributed by atoms with Crippen LogP contribution in [-0.4, -0.2) is 34.9 Å². The molecule has 6 nitrogen and oxygen atoms in total. The Bertz CT molecular complexity index is 1120. The molecule has 0 bridgehead atoms. The molecule has 0 spiro atoms. The number of carbonyl (C=O) groups is 2. The molecular weight excluding hydrogens is 422 g/mol. The number of carbonyl (C=O) groups excluding carboxylic acids is 2. The van der Waals surface area contributed by atoms with E-state index in [1.807, 2.05) is 44.2 Å². The van der Waals surface area contributed by atoms with E-state index in [0.717, 1.165) is 10.8 Å². The van der Waals surface area contributed by atoms with Crippen LogP contribution in [0, 0.1) is 11.7 Å². The molecule has 3 rings (SSSR count). The topological polar surface area (TPSA) is 98.7 Å². The fourth-order valence-electron chi connectivity index (χ4n) is 3.76. The van der Waals surface area contributed by atoms with E-state index in [1.165, 1.54) is 18.2 Å². The molecule has 0 aromatic heterocycles. The number of amides is 2. The molecule has 0 aliphatic rings. The molecule has 0 saturated heterocycles. The molecule has 3 aromatic rings. The number of hydrogen-bond donors (Lipinski definition) is 4. The Morgan fingerprint density at radius 2 is 1.67 bits per heavy atom. The highest BCUT2D eigenvalue weighted by Gasteiger charge is 2.28. The average molecular weight is 450 g/mol. The van der Waals surface area contributed by atoms with Crippen molar-refractivity contribution in [3.63, 3.8) is 0 Å². The third-order valence-electron chi connectivity index (χ3n) is 5.39. The van der Waals surface area contributed by atoms with Gasteiger partial charge in [-0.15, -0.1) is 0 Å². The van der Waals surface area contributed by atoms with Gasteiger partial charge in [-0.05, 0) is 52.9 Å². The Morgan fingerprint density at radius 1 is 0.939 bits per heavy atom. The van der Waals surface area contributed by atoms with Gasteiger partial charge < -0.3 is 20.7 Å². The molecule has 33 heavy (non-hydrogen) atoms. The summed E-state index contributed by atoms with van der Waals surface area (Å²) in [6.07, 6.45) is 0.182. The second kappa shape index (κ2) is 11.1. The predicted molar refractivity (Wildman–Crippen MR) is 127 cm³/mol. The number of nitrogens with one attached hydrogen (secondary N) is 2. The molecular formula is C25H28BFN2O4. The van der Waals surface area contributed by atoms with Gasteiger partial charge in [-0.3, -0.25) is 9.59 Å². The van der Waals surface area contributed by atoms with Crippen LogP contribution in [0.15, 0.2) is 66.7 Å². The Kier molecular flexibility index (Phi) is 8.19. The summed E-state index contributed by atoms with van der Waals surface area (Å²) >= 11 is 0. The Balaban J connectivity index is 1.80. The zero-order chi connectivity index (χ0) is 24.0. The second-order valence-corrected chi connectivity index (χ2v) is 8.56. The molecule has 2 unspecified atom stereocenters. The smallest absolute Gasteiger partial charge is 0.426 e. The van der Waals surface area contributed by atoms with Crippen LogP contribution >= 0.6 is 0 Å². The lowest BCUT2D eigenvalue weighted by Gasteiger charge is -2.23. The fraction of sp³-hybridized carbons (Fsp3) is 0.280. The van der Waals surface area contributed by atoms with Crippen LogP contribution in [0.5, 0.6) is 0 Å². The monoisotopic (exact) mass is 450 g/mol. The maximum atomic E-state index is 13.9. The van der Waals surface area contributed by atoms with Crippen molar-refractivity contribution in [1.29, 1.82) is 0 Å². The highest BCUT2D eigenvalue weighted by atomic mass is 19.1. The minimum atomic E-state index is -1.71. The van der Waals surface area contributed by atoms with Gasteiger partial charge in [-0.25, -0.2) is 4.39 Å². The van der Waals surface area contributed by atoms with Gasteiger partial charge in [0.05, 0.1) is 18.4 Å². The molecule has 2 amide bonds. The highest BCUT2D eigenvalue weighted by Crippen LogP contribution is 2.21. The van der Waals surface area contributed by atoms with Gasteiger partial charge in [-0.1, -0.05) is 56.3 Å². The van der Waals surface area contributed by atoms with Gasteiger partial charge in [0.1, 0.15) is 5.82 Å². The summed E-state index contributed by atoms with van der Waals surface area (Å²) in [5, 5.41) is 26.5. The lowest BCUT2D eigenvalue weighted by Crippen LogP contribution is -2.48. The molecule has 0 radical (unpaired) electrons. The van der Waals surface area contributed by atoms with Crippen LogP contribution in [0.1, 0.15) is 48.7 Å². The standard InChI is InChI=1S/C25H28BFN2O4/c1-16(2)12-23(26(32)33)29-24(30)15-22(19-8-5-9-21(27)14-19)28-25(31)20-11-10-17-6-3-4-7-18(17)13-20/h3-11,13-14,16,22-23,32-33H,12,15H2,1-2H3,(H,28,31)(H,29,30). The predicted octanol–water partition coefficient (Wildman–Crippen LogP) is 3.38. The molecule has 0 heterocycles. The zero-order valence-corrected chi connectivity index (χ0v) is 18.7. The van der Waals surface area contributed by atoms with Crippen molar-refractivity contribution in [2.45, 2.75) is 38.7 Å². The van der Waals surface area contributed by atoms with Gasteiger partial charge >= 0.3 is 7.12 Å². The molecule has 3 aromatic carbocycles. The molecule has 0 saturated carbocycles. The second-order valence-electron chi connectivity index (χ2n) is 8.56. The van der Waals surface area contributed by atoms with Crippen molar-refractivity contribution < 1.29 is 24.0 Å². The van der Waals surface area contributed by atoms with Crippen LogP contribution in [0.3, 0.4) is 0 Å². The average Bonchev–Trinajstić information content (AvgIpc) is 2.77. The third-order valence-corrected chi connectivity index (χ3v) is 5.39. The maximum Gasteiger partial charge on any atom is 0.475 e. The molecule has 8 heteroatoms. The SMILES string of the molecule is CC(C)CC(NC(=O)CC(NC(=O)c1ccc2ccccc2c1)c1cccc(F)c1)B(O)O. The molecule has 172 valence electrons. The number of rotatable bonds is 9. The first kappa shape index (κ1) is 24.4. The van der Waals surface area contributed by atoms with Crippen LogP contribution in [0.25, 0.3) is 10.8 Å². The summed E-state index contributed by atoms with van der Waals surface area (Å²) in [4.78, 5) is 25.7. The lowest BCUT2D eigenvalue weighted by atomic mass is 9.75. The van der Waals surface area contributed by atoms with Crippen molar-refractivity contribution in [1.82, 2.24) is 10.6 Å². The largest absolute Gasteiger partial charge is 0.475 e. The van der Waals surface area contributed by atoms with E-state index in [4.69, 9.17) is 0 Å². The summed E-state index contributed by atoms with van der Waals surface area (Å²) in [5.41, 5.74) is 0.850. The van der Waals surface area contributed by atoms with Crippen LogP contribution in [0.4, 0.5) is 4.39 Å². The third kappa shape index (κ3) is 6.88. The first-order valence-electron chi connectivity index (χ1n) is 10.9. The zero-order valence-electron chi connectivity index (χ0n) is 18.7. The molecule has 4 N–H and O–H groups in total. The number of benzene rings is 3. The van der Waals surface area contributed by atoms with Crippen molar-refractivity contribution in [3.8, 4) is 0 Å². The van der Waals surface area contributed by atoms with Crippen molar-refractivity contribution in [2.75, 3.05) is 0 Å². The first-order chi connectivity index (χ1) is 15.7. The van der Waals surface area contributed by atoms with E-state index in [-0.39, 0.29) is 12.3 Å². The van der Waals surface area contributed by atoms with E-state index in [0.29, 0.717) is 17.5 Å². The minimum absolute atomic E-state index is 0.128. The summed E-state index contributed by atoms with van der Waals surface area (Å²) in [6, 6.07) is 17.8. The summed E-state index contributed by atoms with van der Waals surface area (Å²) in [6.45, 7) is 3.81. The number of fused-ring (bicyclic) bond motifs is 1. The number of halogens is 1. The Morgan fingerprint density at radius 3 is 2.33 bits per heavy atom. The number of hydrogen-bond acceptors (Lipinski definition) is 4. The lowest BCUT2D eigenvalue weighted by molar-refractivity contribution is -0.122. The van der Waals surface area contributed by atoms with Crippen LogP contribution in [-0.2, 0) is 4.79 Å². The van der Waals surface area contributed by atoms with Gasteiger partial charge in [0.15, 0.2) is 0 Å². The molecule has 0 fully saturated rings. The van der Waals surface area contributed by atoms with E-state index in [1.54, 1.807) is 18.2 Å². The van der Waals surface area contributed by atoms with Gasteiger partial charge in [0.25, 0.3) is 5.91 Å². The van der Waals surface area contributed by atoms with Crippen molar-refractivity contribution >= 4 is 29.7 Å². The summed E-state index contributed by atoms with van der Waals surface area (Å²) < 4.78 is 13.9. The minimum Gasteiger partial charge on any atom is -0.426 e. The summed E-state index contributed by atoms with van der Waals surface area (Å²) in [5.74, 6) is -2.09. The Hall–Kier alpha value is -3.23. The van der Waals surface area contributed by atoms with E-state index >= 15 is 0 Å². The fourth-order valence-corrected chi connectivity index (χ4v) is 3.76. The highest BCUT2D eigenvalue weighted by molar-refractivity contribution is 6.43. The van der Waals surface area contributed by atoms with E-state index in [9.17, 15) is 24.0 Å². The summed E-state index contributed by atoms with van der Waals surface area (Å²) in [7, 11) is -1.71. The van der Waals surface area contributed by atoms with Crippen molar-refractivity contribution in [2.24, 2.45) is 5.92 Å². The Labute approximate surface area is 193 Å². The molecule has 0 aliphatic heterocycles. The molecule has 2 atom stereocenters. The van der Waals surface area contributed by atoms with Gasteiger partial charge in [0, 0.05) is 5.56 Å². The van der Waals surface area contributed by atoms with Crippen LogP contribution < -0.4 is 10.6 Å². The van der Waals surface area contributed by atoms with E-state index < -0.39 is 36.7 Å². The normalized spacial score (nSPS) is 12.9. The van der Waals surface area contributed by atoms with Gasteiger partial charge in [-0.2, -0.15) is 0 Å².